The van der Waals surface area contributed by atoms with E-state index in [4.69, 9.17) is 0 Å². The number of hydrogen-bond acceptors (Lipinski definition) is 2. The standard InChI is InChI=1S/C12H9Br2FN2/c1-7-4-12(16-6-10(7)14)17-11-3-2-8(15)5-9(11)13/h2-6H,1H3,(H,16,17). The van der Waals surface area contributed by atoms with Crippen molar-refractivity contribution in [1.82, 2.24) is 4.98 Å². The van der Waals surface area contributed by atoms with Crippen LogP contribution in [0.25, 0.3) is 0 Å². The largest absolute Gasteiger partial charge is 0.339 e. The van der Waals surface area contributed by atoms with Gasteiger partial charge in [0.25, 0.3) is 0 Å². The average Bonchev–Trinajstić information content (AvgIpc) is 2.27. The first kappa shape index (κ1) is 12.5. The van der Waals surface area contributed by atoms with Crippen LogP contribution in [0, 0.1) is 12.7 Å². The number of benzene rings is 1. The lowest BCUT2D eigenvalue weighted by Gasteiger charge is -2.09. The summed E-state index contributed by atoms with van der Waals surface area (Å²) in [5.74, 6) is 0.445. The van der Waals surface area contributed by atoms with Crippen molar-refractivity contribution in [1.29, 1.82) is 0 Å². The lowest BCUT2D eigenvalue weighted by Crippen LogP contribution is -1.95. The summed E-state index contributed by atoms with van der Waals surface area (Å²) < 4.78 is 14.5. The van der Waals surface area contributed by atoms with E-state index in [-0.39, 0.29) is 5.82 Å². The lowest BCUT2D eigenvalue weighted by atomic mass is 10.3. The number of aromatic nitrogens is 1. The van der Waals surface area contributed by atoms with Crippen molar-refractivity contribution >= 4 is 43.4 Å². The minimum absolute atomic E-state index is 0.276. The Balaban J connectivity index is 2.28. The van der Waals surface area contributed by atoms with Crippen molar-refractivity contribution in [2.24, 2.45) is 0 Å². The number of aryl methyl sites for hydroxylation is 1. The van der Waals surface area contributed by atoms with Crippen LogP contribution in [0.2, 0.25) is 0 Å². The number of halogens is 3. The fraction of sp³-hybridized carbons (Fsp3) is 0.0833. The van der Waals surface area contributed by atoms with Crippen LogP contribution in [0.5, 0.6) is 0 Å². The Bertz CT molecular complexity index is 558. The summed E-state index contributed by atoms with van der Waals surface area (Å²) in [6.45, 7) is 1.98. The van der Waals surface area contributed by atoms with Gasteiger partial charge in [-0.1, -0.05) is 0 Å². The number of anilines is 2. The molecule has 0 saturated heterocycles. The van der Waals surface area contributed by atoms with Crippen molar-refractivity contribution < 1.29 is 4.39 Å². The van der Waals surface area contributed by atoms with Gasteiger partial charge in [0.1, 0.15) is 11.6 Å². The first-order valence-corrected chi connectivity index (χ1v) is 6.49. The van der Waals surface area contributed by atoms with Crippen molar-refractivity contribution in [3.63, 3.8) is 0 Å². The molecule has 1 aromatic carbocycles. The van der Waals surface area contributed by atoms with Crippen LogP contribution in [-0.4, -0.2) is 4.98 Å². The number of hydrogen-bond donors (Lipinski definition) is 1. The van der Waals surface area contributed by atoms with Gasteiger partial charge < -0.3 is 5.32 Å². The van der Waals surface area contributed by atoms with Gasteiger partial charge in [-0.3, -0.25) is 0 Å². The molecule has 0 aliphatic heterocycles. The van der Waals surface area contributed by atoms with Gasteiger partial charge in [-0.25, -0.2) is 9.37 Å². The molecule has 0 bridgehead atoms. The van der Waals surface area contributed by atoms with Crippen molar-refractivity contribution in [3.8, 4) is 0 Å². The molecular formula is C12H9Br2FN2. The van der Waals surface area contributed by atoms with Crippen molar-refractivity contribution in [2.45, 2.75) is 6.92 Å². The Morgan fingerprint density at radius 2 is 1.94 bits per heavy atom. The molecule has 0 aliphatic carbocycles. The van der Waals surface area contributed by atoms with E-state index < -0.39 is 0 Å². The second kappa shape index (κ2) is 5.14. The molecule has 1 N–H and O–H groups in total. The Morgan fingerprint density at radius 1 is 1.18 bits per heavy atom. The highest BCUT2D eigenvalue weighted by molar-refractivity contribution is 9.10. The van der Waals surface area contributed by atoms with Crippen LogP contribution in [0.1, 0.15) is 5.56 Å². The summed E-state index contributed by atoms with van der Waals surface area (Å²) in [7, 11) is 0. The van der Waals surface area contributed by atoms with Gasteiger partial charge in [-0.05, 0) is 68.6 Å². The molecule has 2 aromatic rings. The third-order valence-electron chi connectivity index (χ3n) is 2.24. The number of rotatable bonds is 2. The van der Waals surface area contributed by atoms with E-state index in [9.17, 15) is 4.39 Å². The van der Waals surface area contributed by atoms with E-state index in [0.29, 0.717) is 4.47 Å². The second-order valence-corrected chi connectivity index (χ2v) is 5.28. The van der Waals surface area contributed by atoms with Crippen LogP contribution in [0.4, 0.5) is 15.9 Å². The van der Waals surface area contributed by atoms with Crippen LogP contribution >= 0.6 is 31.9 Å². The summed E-state index contributed by atoms with van der Waals surface area (Å²) >= 11 is 6.69. The molecule has 0 saturated carbocycles. The van der Waals surface area contributed by atoms with Gasteiger partial charge in [0.05, 0.1) is 5.69 Å². The zero-order chi connectivity index (χ0) is 12.4. The molecule has 0 aliphatic rings. The van der Waals surface area contributed by atoms with Crippen LogP contribution in [0.3, 0.4) is 0 Å². The van der Waals surface area contributed by atoms with Gasteiger partial charge in [-0.15, -0.1) is 0 Å². The van der Waals surface area contributed by atoms with Gasteiger partial charge in [0.2, 0.25) is 0 Å². The molecule has 0 fully saturated rings. The predicted molar refractivity (Wildman–Crippen MR) is 74.1 cm³/mol. The van der Waals surface area contributed by atoms with Crippen molar-refractivity contribution in [3.05, 3.63) is 50.8 Å². The average molecular weight is 360 g/mol. The summed E-state index contributed by atoms with van der Waals surface area (Å²) in [6, 6.07) is 6.39. The molecule has 0 unspecified atom stereocenters. The molecule has 0 atom stereocenters. The normalized spacial score (nSPS) is 10.4. The van der Waals surface area contributed by atoms with E-state index in [2.05, 4.69) is 42.2 Å². The van der Waals surface area contributed by atoms with Gasteiger partial charge in [0.15, 0.2) is 0 Å². The summed E-state index contributed by atoms with van der Waals surface area (Å²) in [6.07, 6.45) is 1.73. The summed E-state index contributed by atoms with van der Waals surface area (Å²) in [5.41, 5.74) is 1.86. The molecule has 1 aromatic heterocycles. The first-order chi connectivity index (χ1) is 8.06. The zero-order valence-electron chi connectivity index (χ0n) is 8.97. The third-order valence-corrected chi connectivity index (χ3v) is 3.73. The van der Waals surface area contributed by atoms with Gasteiger partial charge >= 0.3 is 0 Å². The Morgan fingerprint density at radius 3 is 2.59 bits per heavy atom. The molecule has 1 heterocycles. The van der Waals surface area contributed by atoms with Crippen LogP contribution < -0.4 is 5.32 Å². The molecule has 2 nitrogen and oxygen atoms in total. The Labute approximate surface area is 116 Å². The molecule has 0 radical (unpaired) electrons. The summed E-state index contributed by atoms with van der Waals surface area (Å²) in [5, 5.41) is 3.12. The fourth-order valence-corrected chi connectivity index (χ4v) is 2.00. The maximum atomic E-state index is 12.9. The number of nitrogens with zero attached hydrogens (tertiary/aromatic N) is 1. The SMILES string of the molecule is Cc1cc(Nc2ccc(F)cc2Br)ncc1Br. The molecule has 17 heavy (non-hydrogen) atoms. The lowest BCUT2D eigenvalue weighted by molar-refractivity contribution is 0.627. The maximum Gasteiger partial charge on any atom is 0.130 e. The first-order valence-electron chi connectivity index (χ1n) is 4.90. The third kappa shape index (κ3) is 3.04. The van der Waals surface area contributed by atoms with E-state index >= 15 is 0 Å². The van der Waals surface area contributed by atoms with Gasteiger partial charge in [0, 0.05) is 15.1 Å². The molecule has 88 valence electrons. The highest BCUT2D eigenvalue weighted by Crippen LogP contribution is 2.27. The Hall–Kier alpha value is -0.940. The Kier molecular flexibility index (Phi) is 3.79. The molecule has 5 heteroatoms. The topological polar surface area (TPSA) is 24.9 Å². The minimum Gasteiger partial charge on any atom is -0.339 e. The predicted octanol–water partition coefficient (Wildman–Crippen LogP) is 4.80. The van der Waals surface area contributed by atoms with E-state index in [1.165, 1.54) is 12.1 Å². The maximum absolute atomic E-state index is 12.9. The van der Waals surface area contributed by atoms with Crippen molar-refractivity contribution in [2.75, 3.05) is 5.32 Å². The molecular weight excluding hydrogens is 351 g/mol. The molecule has 0 spiro atoms. The van der Waals surface area contributed by atoms with Crippen LogP contribution in [0.15, 0.2) is 39.4 Å². The number of pyridine rings is 1. The fourth-order valence-electron chi connectivity index (χ4n) is 1.34. The number of nitrogens with one attached hydrogen (secondary N) is 1. The van der Waals surface area contributed by atoms with Crippen LogP contribution in [-0.2, 0) is 0 Å². The minimum atomic E-state index is -0.276. The highest BCUT2D eigenvalue weighted by atomic mass is 79.9. The zero-order valence-corrected chi connectivity index (χ0v) is 12.1. The van der Waals surface area contributed by atoms with Gasteiger partial charge in [-0.2, -0.15) is 0 Å². The highest BCUT2D eigenvalue weighted by Gasteiger charge is 2.04. The van der Waals surface area contributed by atoms with E-state index in [0.717, 1.165) is 21.5 Å². The monoisotopic (exact) mass is 358 g/mol. The molecule has 2 rings (SSSR count). The smallest absolute Gasteiger partial charge is 0.130 e. The summed E-state index contributed by atoms with van der Waals surface area (Å²) in [4.78, 5) is 4.23. The van der Waals surface area contributed by atoms with E-state index in [1.807, 2.05) is 13.0 Å². The van der Waals surface area contributed by atoms with E-state index in [1.54, 1.807) is 12.3 Å². The molecule has 0 amide bonds. The second-order valence-electron chi connectivity index (χ2n) is 3.57. The quantitative estimate of drug-likeness (QED) is 0.833.